The molecule has 0 aromatic heterocycles. The standard InChI is InChI=1S/C15H17F3O2/c1-2-10-6-7-12(8-10)14(19)11-4-3-5-13(9-11)20-15(16,17)18/h3-5,9-10,12H,2,6-8H2,1H3. The van der Waals surface area contributed by atoms with Gasteiger partial charge in [0.2, 0.25) is 0 Å². The third kappa shape index (κ3) is 3.74. The second-order valence-electron chi connectivity index (χ2n) is 5.22. The molecule has 0 spiro atoms. The molecule has 0 amide bonds. The molecule has 2 atom stereocenters. The summed E-state index contributed by atoms with van der Waals surface area (Å²) in [5.74, 6) is 0.0709. The van der Waals surface area contributed by atoms with Gasteiger partial charge in [-0.25, -0.2) is 0 Å². The Bertz CT molecular complexity index is 482. The summed E-state index contributed by atoms with van der Waals surface area (Å²) in [7, 11) is 0. The van der Waals surface area contributed by atoms with Gasteiger partial charge in [0.05, 0.1) is 0 Å². The molecule has 1 aromatic rings. The van der Waals surface area contributed by atoms with Crippen molar-refractivity contribution < 1.29 is 22.7 Å². The van der Waals surface area contributed by atoms with Gasteiger partial charge in [-0.05, 0) is 37.3 Å². The minimum atomic E-state index is -4.73. The Labute approximate surface area is 115 Å². The predicted octanol–water partition coefficient (Wildman–Crippen LogP) is 4.59. The molecule has 0 saturated heterocycles. The van der Waals surface area contributed by atoms with Crippen LogP contribution in [0, 0.1) is 11.8 Å². The molecule has 110 valence electrons. The van der Waals surface area contributed by atoms with Crippen LogP contribution in [-0.2, 0) is 0 Å². The quantitative estimate of drug-likeness (QED) is 0.756. The highest BCUT2D eigenvalue weighted by atomic mass is 19.4. The average molecular weight is 286 g/mol. The fraction of sp³-hybridized carbons (Fsp3) is 0.533. The van der Waals surface area contributed by atoms with E-state index in [9.17, 15) is 18.0 Å². The van der Waals surface area contributed by atoms with Gasteiger partial charge in [-0.3, -0.25) is 4.79 Å². The SMILES string of the molecule is CCC1CCC(C(=O)c2cccc(OC(F)(F)F)c2)C1. The summed E-state index contributed by atoms with van der Waals surface area (Å²) in [4.78, 5) is 12.3. The number of alkyl halides is 3. The largest absolute Gasteiger partial charge is 0.573 e. The molecule has 1 aliphatic carbocycles. The fourth-order valence-electron chi connectivity index (χ4n) is 2.77. The molecule has 0 aliphatic heterocycles. The van der Waals surface area contributed by atoms with E-state index in [0.29, 0.717) is 11.5 Å². The first kappa shape index (κ1) is 14.9. The van der Waals surface area contributed by atoms with Crippen LogP contribution in [0.3, 0.4) is 0 Å². The van der Waals surface area contributed by atoms with Gasteiger partial charge in [0, 0.05) is 11.5 Å². The molecular formula is C15H17F3O2. The Morgan fingerprint density at radius 1 is 1.35 bits per heavy atom. The van der Waals surface area contributed by atoms with Gasteiger partial charge in [-0.1, -0.05) is 25.5 Å². The molecular weight excluding hydrogens is 269 g/mol. The van der Waals surface area contributed by atoms with E-state index in [2.05, 4.69) is 11.7 Å². The first-order valence-corrected chi connectivity index (χ1v) is 6.79. The second-order valence-corrected chi connectivity index (χ2v) is 5.22. The second kappa shape index (κ2) is 5.85. The van der Waals surface area contributed by atoms with Gasteiger partial charge < -0.3 is 4.74 Å². The third-order valence-electron chi connectivity index (χ3n) is 3.84. The van der Waals surface area contributed by atoms with Gasteiger partial charge in [0.25, 0.3) is 0 Å². The van der Waals surface area contributed by atoms with Crippen LogP contribution >= 0.6 is 0 Å². The highest BCUT2D eigenvalue weighted by molar-refractivity contribution is 5.98. The van der Waals surface area contributed by atoms with E-state index >= 15 is 0 Å². The highest BCUT2D eigenvalue weighted by Crippen LogP contribution is 2.35. The lowest BCUT2D eigenvalue weighted by molar-refractivity contribution is -0.274. The molecule has 5 heteroatoms. The van der Waals surface area contributed by atoms with E-state index in [0.717, 1.165) is 25.7 Å². The number of ketones is 1. The number of hydrogen-bond donors (Lipinski definition) is 0. The summed E-state index contributed by atoms with van der Waals surface area (Å²) in [6.45, 7) is 2.09. The Kier molecular flexibility index (Phi) is 4.35. The normalized spacial score (nSPS) is 22.8. The third-order valence-corrected chi connectivity index (χ3v) is 3.84. The maximum atomic E-state index is 12.3. The first-order chi connectivity index (χ1) is 9.39. The molecule has 2 nitrogen and oxygen atoms in total. The lowest BCUT2D eigenvalue weighted by Gasteiger charge is -2.12. The zero-order valence-electron chi connectivity index (χ0n) is 11.2. The minimum Gasteiger partial charge on any atom is -0.406 e. The zero-order valence-corrected chi connectivity index (χ0v) is 11.2. The van der Waals surface area contributed by atoms with Gasteiger partial charge in [0.15, 0.2) is 5.78 Å². The predicted molar refractivity (Wildman–Crippen MR) is 68.6 cm³/mol. The molecule has 20 heavy (non-hydrogen) atoms. The number of carbonyl (C=O) groups excluding carboxylic acids is 1. The van der Waals surface area contributed by atoms with Crippen molar-refractivity contribution in [3.63, 3.8) is 0 Å². The number of benzene rings is 1. The Hall–Kier alpha value is -1.52. The molecule has 0 heterocycles. The first-order valence-electron chi connectivity index (χ1n) is 6.79. The number of ether oxygens (including phenoxy) is 1. The van der Waals surface area contributed by atoms with Gasteiger partial charge in [-0.2, -0.15) is 0 Å². The summed E-state index contributed by atoms with van der Waals surface area (Å²) in [5, 5.41) is 0. The smallest absolute Gasteiger partial charge is 0.406 e. The van der Waals surface area contributed by atoms with Crippen LogP contribution in [0.15, 0.2) is 24.3 Å². The van der Waals surface area contributed by atoms with Crippen molar-refractivity contribution in [3.05, 3.63) is 29.8 Å². The number of hydrogen-bond acceptors (Lipinski definition) is 2. The van der Waals surface area contributed by atoms with Crippen LogP contribution in [0.5, 0.6) is 5.75 Å². The lowest BCUT2D eigenvalue weighted by Crippen LogP contribution is -2.18. The Balaban J connectivity index is 2.09. The van der Waals surface area contributed by atoms with Gasteiger partial charge >= 0.3 is 6.36 Å². The van der Waals surface area contributed by atoms with E-state index in [4.69, 9.17) is 0 Å². The number of rotatable bonds is 4. The number of halogens is 3. The van der Waals surface area contributed by atoms with Crippen molar-refractivity contribution in [2.24, 2.45) is 11.8 Å². The highest BCUT2D eigenvalue weighted by Gasteiger charge is 2.32. The fourth-order valence-corrected chi connectivity index (χ4v) is 2.77. The van der Waals surface area contributed by atoms with Crippen molar-refractivity contribution >= 4 is 5.78 Å². The number of Topliss-reactive ketones (excluding diaryl/α,β-unsaturated/α-hetero) is 1. The van der Waals surface area contributed by atoms with Crippen LogP contribution in [-0.4, -0.2) is 12.1 Å². The molecule has 0 N–H and O–H groups in total. The lowest BCUT2D eigenvalue weighted by atomic mass is 9.94. The number of carbonyl (C=O) groups is 1. The van der Waals surface area contributed by atoms with Crippen molar-refractivity contribution in [3.8, 4) is 5.75 Å². The monoisotopic (exact) mass is 286 g/mol. The van der Waals surface area contributed by atoms with E-state index in [1.165, 1.54) is 18.2 Å². The molecule has 2 unspecified atom stereocenters. The van der Waals surface area contributed by atoms with Crippen LogP contribution < -0.4 is 4.74 Å². The maximum absolute atomic E-state index is 12.3. The molecule has 1 fully saturated rings. The summed E-state index contributed by atoms with van der Waals surface area (Å²) < 4.78 is 40.3. The van der Waals surface area contributed by atoms with Gasteiger partial charge in [0.1, 0.15) is 5.75 Å². The Morgan fingerprint density at radius 2 is 2.10 bits per heavy atom. The molecule has 1 aromatic carbocycles. The van der Waals surface area contributed by atoms with E-state index < -0.39 is 6.36 Å². The van der Waals surface area contributed by atoms with Crippen LogP contribution in [0.4, 0.5) is 13.2 Å². The summed E-state index contributed by atoms with van der Waals surface area (Å²) >= 11 is 0. The van der Waals surface area contributed by atoms with Gasteiger partial charge in [-0.15, -0.1) is 13.2 Å². The molecule has 1 aliphatic rings. The maximum Gasteiger partial charge on any atom is 0.573 e. The Morgan fingerprint density at radius 3 is 2.70 bits per heavy atom. The minimum absolute atomic E-state index is 0.0684. The van der Waals surface area contributed by atoms with Crippen molar-refractivity contribution in [2.75, 3.05) is 0 Å². The van der Waals surface area contributed by atoms with Crippen LogP contribution in [0.25, 0.3) is 0 Å². The average Bonchev–Trinajstić information content (AvgIpc) is 2.85. The summed E-state index contributed by atoms with van der Waals surface area (Å²) in [5.41, 5.74) is 0.300. The van der Waals surface area contributed by atoms with Crippen LogP contribution in [0.2, 0.25) is 0 Å². The topological polar surface area (TPSA) is 26.3 Å². The van der Waals surface area contributed by atoms with Crippen molar-refractivity contribution in [1.29, 1.82) is 0 Å². The summed E-state index contributed by atoms with van der Waals surface area (Å²) in [6, 6.07) is 5.34. The summed E-state index contributed by atoms with van der Waals surface area (Å²) in [6.07, 6.45) is -1.02. The van der Waals surface area contributed by atoms with Crippen LogP contribution in [0.1, 0.15) is 43.0 Å². The molecule has 0 bridgehead atoms. The van der Waals surface area contributed by atoms with Crippen molar-refractivity contribution in [1.82, 2.24) is 0 Å². The van der Waals surface area contributed by atoms with E-state index in [1.807, 2.05) is 0 Å². The molecule has 2 rings (SSSR count). The molecule has 0 radical (unpaired) electrons. The molecule has 1 saturated carbocycles. The van der Waals surface area contributed by atoms with E-state index in [1.54, 1.807) is 6.07 Å². The van der Waals surface area contributed by atoms with E-state index in [-0.39, 0.29) is 17.5 Å². The van der Waals surface area contributed by atoms with Crippen molar-refractivity contribution in [2.45, 2.75) is 39.0 Å². The zero-order chi connectivity index (χ0) is 14.8.